The van der Waals surface area contributed by atoms with E-state index in [1.165, 1.54) is 19.2 Å². The van der Waals surface area contributed by atoms with Crippen LogP contribution in [0.4, 0.5) is 0 Å². The van der Waals surface area contributed by atoms with Crippen molar-refractivity contribution in [1.29, 1.82) is 0 Å². The molecule has 0 aliphatic rings. The minimum absolute atomic E-state index is 0.158. The lowest BCUT2D eigenvalue weighted by Crippen LogP contribution is -2.51. The molecule has 2 aromatic rings. The van der Waals surface area contributed by atoms with Crippen LogP contribution in [0.2, 0.25) is 5.02 Å². The standard InChI is InChI=1S/C16H15ClN4O3/c1-10(19-15(23)11-6-2-3-7-12(11)17)14(22)20-21-16(24)13-8-4-5-9-18-13/h2-10H,1H3,(H,19,23)(H,20,22)(H,21,24)/t10-/m0/s1. The van der Waals surface area contributed by atoms with E-state index in [2.05, 4.69) is 21.2 Å². The number of amides is 3. The number of hydrazine groups is 1. The topological polar surface area (TPSA) is 100 Å². The van der Waals surface area contributed by atoms with Crippen molar-refractivity contribution in [1.82, 2.24) is 21.2 Å². The first kappa shape index (κ1) is 17.4. The van der Waals surface area contributed by atoms with Crippen LogP contribution < -0.4 is 16.2 Å². The molecule has 3 amide bonds. The summed E-state index contributed by atoms with van der Waals surface area (Å²) in [4.78, 5) is 39.6. The van der Waals surface area contributed by atoms with Gasteiger partial charge in [-0.1, -0.05) is 29.8 Å². The molecule has 124 valence electrons. The van der Waals surface area contributed by atoms with Gasteiger partial charge in [-0.05, 0) is 31.2 Å². The summed E-state index contributed by atoms with van der Waals surface area (Å²) >= 11 is 5.93. The number of aromatic nitrogens is 1. The Kier molecular flexibility index (Phi) is 5.86. The number of pyridine rings is 1. The molecule has 0 unspecified atom stereocenters. The predicted octanol–water partition coefficient (Wildman–Crippen LogP) is 1.31. The molecule has 1 aromatic heterocycles. The number of hydrogen-bond donors (Lipinski definition) is 3. The second-order valence-corrected chi connectivity index (χ2v) is 5.24. The second-order valence-electron chi connectivity index (χ2n) is 4.83. The molecule has 1 atom stereocenters. The van der Waals surface area contributed by atoms with Crippen LogP contribution in [0.15, 0.2) is 48.7 Å². The lowest BCUT2D eigenvalue weighted by molar-refractivity contribution is -0.123. The zero-order valence-electron chi connectivity index (χ0n) is 12.7. The lowest BCUT2D eigenvalue weighted by atomic mass is 10.2. The van der Waals surface area contributed by atoms with Gasteiger partial charge in [0.15, 0.2) is 0 Å². The number of rotatable bonds is 4. The third-order valence-electron chi connectivity index (χ3n) is 3.06. The Morgan fingerprint density at radius 1 is 1.00 bits per heavy atom. The van der Waals surface area contributed by atoms with Crippen molar-refractivity contribution in [3.05, 3.63) is 64.9 Å². The maximum Gasteiger partial charge on any atom is 0.288 e. The van der Waals surface area contributed by atoms with Gasteiger partial charge in [0, 0.05) is 6.20 Å². The third-order valence-corrected chi connectivity index (χ3v) is 3.39. The van der Waals surface area contributed by atoms with Crippen molar-refractivity contribution in [2.45, 2.75) is 13.0 Å². The molecule has 0 spiro atoms. The van der Waals surface area contributed by atoms with E-state index in [1.54, 1.807) is 36.4 Å². The summed E-state index contributed by atoms with van der Waals surface area (Å²) in [5.74, 6) is -1.63. The number of halogens is 1. The molecule has 0 aliphatic carbocycles. The van der Waals surface area contributed by atoms with Crippen LogP contribution in [0, 0.1) is 0 Å². The van der Waals surface area contributed by atoms with Gasteiger partial charge in [-0.3, -0.25) is 30.2 Å². The Labute approximate surface area is 143 Å². The van der Waals surface area contributed by atoms with Crippen molar-refractivity contribution >= 4 is 29.3 Å². The van der Waals surface area contributed by atoms with E-state index < -0.39 is 23.8 Å². The fourth-order valence-corrected chi connectivity index (χ4v) is 1.99. The molecular weight excluding hydrogens is 332 g/mol. The summed E-state index contributed by atoms with van der Waals surface area (Å²) in [5.41, 5.74) is 4.87. The first-order valence-corrected chi connectivity index (χ1v) is 7.43. The molecule has 1 aromatic carbocycles. The van der Waals surface area contributed by atoms with Gasteiger partial charge in [-0.2, -0.15) is 0 Å². The Morgan fingerprint density at radius 2 is 1.71 bits per heavy atom. The molecule has 0 aliphatic heterocycles. The van der Waals surface area contributed by atoms with Gasteiger partial charge in [0.05, 0.1) is 10.6 Å². The zero-order chi connectivity index (χ0) is 17.5. The van der Waals surface area contributed by atoms with Crippen LogP contribution in [-0.4, -0.2) is 28.7 Å². The van der Waals surface area contributed by atoms with Crippen LogP contribution in [0.25, 0.3) is 0 Å². The molecule has 3 N–H and O–H groups in total. The first-order valence-electron chi connectivity index (χ1n) is 7.05. The number of carbonyl (C=O) groups is 3. The van der Waals surface area contributed by atoms with E-state index in [0.29, 0.717) is 0 Å². The summed E-state index contributed by atoms with van der Waals surface area (Å²) in [6, 6.07) is 10.4. The number of carbonyl (C=O) groups excluding carboxylic acids is 3. The normalized spacial score (nSPS) is 11.2. The van der Waals surface area contributed by atoms with Crippen molar-refractivity contribution in [2.24, 2.45) is 0 Å². The molecule has 0 saturated heterocycles. The first-order chi connectivity index (χ1) is 11.5. The zero-order valence-corrected chi connectivity index (χ0v) is 13.5. The third kappa shape index (κ3) is 4.53. The quantitative estimate of drug-likeness (QED) is 0.727. The maximum atomic E-state index is 12.1. The van der Waals surface area contributed by atoms with Crippen molar-refractivity contribution in [2.75, 3.05) is 0 Å². The Hall–Kier alpha value is -2.93. The average molecular weight is 347 g/mol. The Balaban J connectivity index is 1.87. The molecule has 7 nitrogen and oxygen atoms in total. The van der Waals surface area contributed by atoms with E-state index in [-0.39, 0.29) is 16.3 Å². The summed E-state index contributed by atoms with van der Waals surface area (Å²) in [7, 11) is 0. The van der Waals surface area contributed by atoms with E-state index in [0.717, 1.165) is 0 Å². The van der Waals surface area contributed by atoms with Gasteiger partial charge in [-0.25, -0.2) is 0 Å². The molecule has 2 rings (SSSR count). The van der Waals surface area contributed by atoms with Crippen LogP contribution in [0.1, 0.15) is 27.8 Å². The predicted molar refractivity (Wildman–Crippen MR) is 88.2 cm³/mol. The van der Waals surface area contributed by atoms with Gasteiger partial charge in [-0.15, -0.1) is 0 Å². The monoisotopic (exact) mass is 346 g/mol. The minimum Gasteiger partial charge on any atom is -0.340 e. The van der Waals surface area contributed by atoms with Gasteiger partial charge >= 0.3 is 0 Å². The molecule has 8 heteroatoms. The SMILES string of the molecule is C[C@H](NC(=O)c1ccccc1Cl)C(=O)NNC(=O)c1ccccn1. The number of nitrogens with zero attached hydrogens (tertiary/aromatic N) is 1. The van der Waals surface area contributed by atoms with Crippen LogP contribution in [0.3, 0.4) is 0 Å². The van der Waals surface area contributed by atoms with Gasteiger partial charge < -0.3 is 5.32 Å². The molecule has 0 saturated carbocycles. The summed E-state index contributed by atoms with van der Waals surface area (Å²) in [6.07, 6.45) is 1.46. The van der Waals surface area contributed by atoms with Crippen molar-refractivity contribution < 1.29 is 14.4 Å². The minimum atomic E-state index is -0.877. The van der Waals surface area contributed by atoms with Gasteiger partial charge in [0.25, 0.3) is 17.7 Å². The molecule has 0 radical (unpaired) electrons. The molecule has 0 fully saturated rings. The summed E-state index contributed by atoms with van der Waals surface area (Å²) < 4.78 is 0. The van der Waals surface area contributed by atoms with Gasteiger partial charge in [0.2, 0.25) is 0 Å². The number of benzene rings is 1. The largest absolute Gasteiger partial charge is 0.340 e. The smallest absolute Gasteiger partial charge is 0.288 e. The summed E-state index contributed by atoms with van der Waals surface area (Å²) in [6.45, 7) is 1.48. The lowest BCUT2D eigenvalue weighted by Gasteiger charge is -2.15. The van der Waals surface area contributed by atoms with E-state index >= 15 is 0 Å². The van der Waals surface area contributed by atoms with E-state index in [1.807, 2.05) is 0 Å². The fraction of sp³-hybridized carbons (Fsp3) is 0.125. The Bertz CT molecular complexity index is 752. The highest BCUT2D eigenvalue weighted by Gasteiger charge is 2.18. The van der Waals surface area contributed by atoms with E-state index in [4.69, 9.17) is 11.6 Å². The number of nitrogens with one attached hydrogen (secondary N) is 3. The highest BCUT2D eigenvalue weighted by Crippen LogP contribution is 2.14. The van der Waals surface area contributed by atoms with E-state index in [9.17, 15) is 14.4 Å². The van der Waals surface area contributed by atoms with Crippen molar-refractivity contribution in [3.63, 3.8) is 0 Å². The fourth-order valence-electron chi connectivity index (χ4n) is 1.77. The summed E-state index contributed by atoms with van der Waals surface area (Å²) in [5, 5.41) is 2.78. The number of hydrogen-bond acceptors (Lipinski definition) is 4. The average Bonchev–Trinajstić information content (AvgIpc) is 2.60. The highest BCUT2D eigenvalue weighted by molar-refractivity contribution is 6.33. The van der Waals surface area contributed by atoms with Crippen LogP contribution in [0.5, 0.6) is 0 Å². The Morgan fingerprint density at radius 3 is 2.38 bits per heavy atom. The molecule has 1 heterocycles. The van der Waals surface area contributed by atoms with Crippen LogP contribution in [-0.2, 0) is 4.79 Å². The maximum absolute atomic E-state index is 12.1. The van der Waals surface area contributed by atoms with Crippen LogP contribution >= 0.6 is 11.6 Å². The molecular formula is C16H15ClN4O3. The second kappa shape index (κ2) is 8.07. The molecule has 24 heavy (non-hydrogen) atoms. The van der Waals surface area contributed by atoms with Gasteiger partial charge in [0.1, 0.15) is 11.7 Å². The highest BCUT2D eigenvalue weighted by atomic mass is 35.5. The molecule has 0 bridgehead atoms. The van der Waals surface area contributed by atoms with Crippen molar-refractivity contribution in [3.8, 4) is 0 Å².